The molecule has 250 valence electrons. The summed E-state index contributed by atoms with van der Waals surface area (Å²) in [7, 11) is 2.69. The van der Waals surface area contributed by atoms with Crippen LogP contribution in [0.5, 0.6) is 5.75 Å². The van der Waals surface area contributed by atoms with Crippen molar-refractivity contribution >= 4 is 40.9 Å². The number of benzene rings is 3. The van der Waals surface area contributed by atoms with Gasteiger partial charge in [-0.3, -0.25) is 14.4 Å². The van der Waals surface area contributed by atoms with Crippen LogP contribution in [0.3, 0.4) is 0 Å². The Labute approximate surface area is 273 Å². The molecule has 1 saturated carbocycles. The second-order valence-corrected chi connectivity index (χ2v) is 11.4. The minimum Gasteiger partial charge on any atom is -0.482 e. The number of amides is 4. The molecular formula is C35H40F2N4O6. The highest BCUT2D eigenvalue weighted by atomic mass is 19.1. The topological polar surface area (TPSA) is 117 Å². The zero-order chi connectivity index (χ0) is 33.8. The maximum atomic E-state index is 13.7. The van der Waals surface area contributed by atoms with Crippen molar-refractivity contribution in [1.82, 2.24) is 5.32 Å². The number of anilines is 3. The molecule has 0 saturated heterocycles. The second-order valence-electron chi connectivity index (χ2n) is 11.4. The van der Waals surface area contributed by atoms with Gasteiger partial charge in [0.2, 0.25) is 5.91 Å². The molecule has 0 radical (unpaired) electrons. The SMILES string of the molecule is COC(=O)Cc1cccc(NC(=O)NCC(=O)N(CCC2CCCCC2)c2ccccc2OCC(=O)N(C)c2cc(F)cc(F)c2)c1. The highest BCUT2D eigenvalue weighted by molar-refractivity contribution is 5.99. The molecular weight excluding hydrogens is 610 g/mol. The normalized spacial score (nSPS) is 12.9. The first-order chi connectivity index (χ1) is 22.6. The van der Waals surface area contributed by atoms with Gasteiger partial charge >= 0.3 is 12.0 Å². The van der Waals surface area contributed by atoms with Crippen molar-refractivity contribution in [2.75, 3.05) is 49.0 Å². The lowest BCUT2D eigenvalue weighted by Gasteiger charge is -2.29. The standard InChI is InChI=1S/C35H40F2N4O6/c1-40(29-20-26(36)19-27(37)21-29)33(43)23-47-31-14-7-6-13-30(31)41(16-15-24-9-4-3-5-10-24)32(42)22-38-35(45)39-28-12-8-11-25(17-28)18-34(44)46-2/h6-8,11-14,17,19-21,24H,3-5,9-10,15-16,18,22-23H2,1-2H3,(H2,38,39,45). The van der Waals surface area contributed by atoms with Crippen molar-refractivity contribution in [3.05, 3.63) is 83.9 Å². The van der Waals surface area contributed by atoms with Crippen LogP contribution < -0.4 is 25.2 Å². The molecule has 12 heteroatoms. The number of methoxy groups -OCH3 is 1. The van der Waals surface area contributed by atoms with Crippen molar-refractivity contribution in [2.45, 2.75) is 44.9 Å². The van der Waals surface area contributed by atoms with E-state index in [0.717, 1.165) is 55.2 Å². The van der Waals surface area contributed by atoms with Crippen molar-refractivity contribution in [3.63, 3.8) is 0 Å². The van der Waals surface area contributed by atoms with E-state index in [9.17, 15) is 28.0 Å². The molecule has 1 aliphatic carbocycles. The summed E-state index contributed by atoms with van der Waals surface area (Å²) in [5, 5.41) is 5.29. The van der Waals surface area contributed by atoms with Gasteiger partial charge in [-0.05, 0) is 54.3 Å². The maximum Gasteiger partial charge on any atom is 0.319 e. The number of likely N-dealkylation sites (N-methyl/N-ethyl adjacent to an activating group) is 1. The van der Waals surface area contributed by atoms with E-state index in [4.69, 9.17) is 9.47 Å². The molecule has 3 aromatic carbocycles. The summed E-state index contributed by atoms with van der Waals surface area (Å²) in [5.41, 5.74) is 1.57. The molecule has 0 atom stereocenters. The van der Waals surface area contributed by atoms with Crippen LogP contribution in [0.2, 0.25) is 0 Å². The van der Waals surface area contributed by atoms with Crippen molar-refractivity contribution in [3.8, 4) is 5.75 Å². The zero-order valence-corrected chi connectivity index (χ0v) is 26.6. The number of carbonyl (C=O) groups is 4. The molecule has 4 amide bonds. The third-order valence-electron chi connectivity index (χ3n) is 8.06. The van der Waals surface area contributed by atoms with Gasteiger partial charge in [-0.1, -0.05) is 56.4 Å². The Kier molecular flexibility index (Phi) is 12.7. The van der Waals surface area contributed by atoms with Crippen molar-refractivity contribution < 1.29 is 37.4 Å². The molecule has 4 rings (SSSR count). The Morgan fingerprint density at radius 3 is 2.34 bits per heavy atom. The Bertz CT molecular complexity index is 1540. The number of carbonyl (C=O) groups excluding carboxylic acids is 4. The number of hydrogen-bond acceptors (Lipinski definition) is 6. The van der Waals surface area contributed by atoms with Gasteiger partial charge in [0.25, 0.3) is 5.91 Å². The molecule has 2 N–H and O–H groups in total. The van der Waals surface area contributed by atoms with E-state index >= 15 is 0 Å². The summed E-state index contributed by atoms with van der Waals surface area (Å²) < 4.78 is 38.0. The third kappa shape index (κ3) is 10.5. The van der Waals surface area contributed by atoms with E-state index in [0.29, 0.717) is 29.4 Å². The quantitative estimate of drug-likeness (QED) is 0.224. The van der Waals surface area contributed by atoms with E-state index in [1.807, 2.05) is 0 Å². The smallest absolute Gasteiger partial charge is 0.319 e. The van der Waals surface area contributed by atoms with E-state index in [1.54, 1.807) is 53.4 Å². The van der Waals surface area contributed by atoms with Gasteiger partial charge in [0.15, 0.2) is 6.61 Å². The fourth-order valence-corrected chi connectivity index (χ4v) is 5.51. The zero-order valence-electron chi connectivity index (χ0n) is 26.6. The molecule has 0 heterocycles. The van der Waals surface area contributed by atoms with E-state index < -0.39 is 36.1 Å². The summed E-state index contributed by atoms with van der Waals surface area (Å²) in [4.78, 5) is 53.6. The van der Waals surface area contributed by atoms with Crippen LogP contribution in [0.25, 0.3) is 0 Å². The van der Waals surface area contributed by atoms with Crippen LogP contribution in [0.1, 0.15) is 44.1 Å². The average Bonchev–Trinajstić information content (AvgIpc) is 3.06. The Morgan fingerprint density at radius 2 is 1.62 bits per heavy atom. The summed E-state index contributed by atoms with van der Waals surface area (Å²) >= 11 is 0. The number of nitrogens with zero attached hydrogens (tertiary/aromatic N) is 2. The molecule has 3 aromatic rings. The Balaban J connectivity index is 1.44. The lowest BCUT2D eigenvalue weighted by Crippen LogP contribution is -2.42. The minimum absolute atomic E-state index is 0.0354. The largest absolute Gasteiger partial charge is 0.482 e. The van der Waals surface area contributed by atoms with E-state index in [1.165, 1.54) is 20.6 Å². The molecule has 0 spiro atoms. The molecule has 0 unspecified atom stereocenters. The third-order valence-corrected chi connectivity index (χ3v) is 8.06. The number of rotatable bonds is 13. The number of ether oxygens (including phenoxy) is 2. The van der Waals surface area contributed by atoms with Gasteiger partial charge in [0.05, 0.1) is 25.8 Å². The number of para-hydroxylation sites is 2. The monoisotopic (exact) mass is 650 g/mol. The van der Waals surface area contributed by atoms with Crippen molar-refractivity contribution in [1.29, 1.82) is 0 Å². The predicted octanol–water partition coefficient (Wildman–Crippen LogP) is 5.85. The fraction of sp³-hybridized carbons (Fsp3) is 0.371. The van der Waals surface area contributed by atoms with Gasteiger partial charge in [-0.25, -0.2) is 13.6 Å². The highest BCUT2D eigenvalue weighted by Gasteiger charge is 2.24. The molecule has 0 bridgehead atoms. The van der Waals surface area contributed by atoms with Crippen LogP contribution >= 0.6 is 0 Å². The number of halogens is 2. The van der Waals surface area contributed by atoms with Gasteiger partial charge in [0, 0.05) is 31.0 Å². The minimum atomic E-state index is -0.813. The second kappa shape index (κ2) is 17.1. The summed E-state index contributed by atoms with van der Waals surface area (Å²) in [6.07, 6.45) is 6.46. The van der Waals surface area contributed by atoms with Gasteiger partial charge < -0.3 is 29.9 Å². The van der Waals surface area contributed by atoms with Gasteiger partial charge in [0.1, 0.15) is 17.4 Å². The number of esters is 1. The number of urea groups is 1. The lowest BCUT2D eigenvalue weighted by atomic mass is 9.87. The van der Waals surface area contributed by atoms with Gasteiger partial charge in [-0.2, -0.15) is 0 Å². The summed E-state index contributed by atoms with van der Waals surface area (Å²) in [6.45, 7) is -0.398. The maximum absolute atomic E-state index is 13.7. The van der Waals surface area contributed by atoms with Crippen LogP contribution in [0, 0.1) is 17.6 Å². The average molecular weight is 651 g/mol. The molecule has 1 fully saturated rings. The van der Waals surface area contributed by atoms with Crippen LogP contribution in [0.4, 0.5) is 30.6 Å². The lowest BCUT2D eigenvalue weighted by molar-refractivity contribution is -0.139. The molecule has 47 heavy (non-hydrogen) atoms. The molecule has 10 nitrogen and oxygen atoms in total. The molecule has 1 aliphatic rings. The van der Waals surface area contributed by atoms with Crippen LogP contribution in [0.15, 0.2) is 66.7 Å². The highest BCUT2D eigenvalue weighted by Crippen LogP contribution is 2.31. The van der Waals surface area contributed by atoms with E-state index in [-0.39, 0.29) is 30.3 Å². The van der Waals surface area contributed by atoms with Crippen molar-refractivity contribution in [2.24, 2.45) is 5.92 Å². The summed E-state index contributed by atoms with van der Waals surface area (Å²) in [5.74, 6) is -2.25. The van der Waals surface area contributed by atoms with E-state index in [2.05, 4.69) is 10.6 Å². The molecule has 0 aliphatic heterocycles. The Hall–Kier alpha value is -5.00. The predicted molar refractivity (Wildman–Crippen MR) is 174 cm³/mol. The Morgan fingerprint density at radius 1 is 0.894 bits per heavy atom. The first kappa shape index (κ1) is 34.9. The van der Waals surface area contributed by atoms with Crippen LogP contribution in [-0.4, -0.2) is 57.7 Å². The first-order valence-electron chi connectivity index (χ1n) is 15.6. The van der Waals surface area contributed by atoms with Gasteiger partial charge in [-0.15, -0.1) is 0 Å². The van der Waals surface area contributed by atoms with Crippen LogP contribution in [-0.2, 0) is 25.5 Å². The summed E-state index contributed by atoms with van der Waals surface area (Å²) in [6, 6.07) is 15.7. The number of nitrogens with one attached hydrogen (secondary N) is 2. The molecule has 0 aromatic heterocycles. The number of hydrogen-bond donors (Lipinski definition) is 2. The first-order valence-corrected chi connectivity index (χ1v) is 15.6. The fourth-order valence-electron chi connectivity index (χ4n) is 5.51.